The highest BCUT2D eigenvalue weighted by molar-refractivity contribution is 4.97. The monoisotopic (exact) mass is 209 g/mol. The third-order valence-corrected chi connectivity index (χ3v) is 3.14. The summed E-state index contributed by atoms with van der Waals surface area (Å²) in [5.74, 6) is 1.91. The summed E-state index contributed by atoms with van der Waals surface area (Å²) in [6.07, 6.45) is 4.53. The predicted octanol–water partition coefficient (Wildman–Crippen LogP) is 1.49. The minimum atomic E-state index is -0.235. The largest absolute Gasteiger partial charge is 0.391 e. The van der Waals surface area contributed by atoms with E-state index >= 15 is 0 Å². The smallest absolute Gasteiger partial charge is 0.150 e. The number of aryl methyl sites for hydroxylation is 2. The highest BCUT2D eigenvalue weighted by atomic mass is 16.3. The van der Waals surface area contributed by atoms with Crippen molar-refractivity contribution in [2.24, 2.45) is 0 Å². The number of aromatic nitrogens is 3. The molecule has 84 valence electrons. The number of aliphatic hydroxyl groups is 1. The van der Waals surface area contributed by atoms with Gasteiger partial charge in [0.2, 0.25) is 0 Å². The van der Waals surface area contributed by atoms with Crippen LogP contribution in [0.3, 0.4) is 0 Å². The number of nitrogens with zero attached hydrogens (tertiary/aromatic N) is 3. The fourth-order valence-electron chi connectivity index (χ4n) is 2.27. The second-order valence-corrected chi connectivity index (χ2v) is 4.16. The van der Waals surface area contributed by atoms with Crippen molar-refractivity contribution < 1.29 is 5.11 Å². The van der Waals surface area contributed by atoms with Crippen LogP contribution in [0.2, 0.25) is 0 Å². The van der Waals surface area contributed by atoms with Crippen molar-refractivity contribution in [3.05, 3.63) is 11.6 Å². The Morgan fingerprint density at radius 1 is 1.33 bits per heavy atom. The van der Waals surface area contributed by atoms with Gasteiger partial charge in [-0.15, -0.1) is 0 Å². The number of hydrogen-bond acceptors (Lipinski definition) is 3. The van der Waals surface area contributed by atoms with E-state index in [1.54, 1.807) is 0 Å². The van der Waals surface area contributed by atoms with Crippen molar-refractivity contribution in [3.63, 3.8) is 0 Å². The number of rotatable bonds is 3. The first-order chi connectivity index (χ1) is 7.26. The van der Waals surface area contributed by atoms with E-state index < -0.39 is 0 Å². The Labute approximate surface area is 90.3 Å². The molecule has 0 aromatic carbocycles. The first-order valence-corrected chi connectivity index (χ1v) is 5.88. The molecular weight excluding hydrogens is 190 g/mol. The van der Waals surface area contributed by atoms with Gasteiger partial charge in [-0.3, -0.25) is 0 Å². The molecule has 2 atom stereocenters. The molecule has 2 unspecified atom stereocenters. The van der Waals surface area contributed by atoms with Crippen LogP contribution in [0.1, 0.15) is 50.8 Å². The minimum absolute atomic E-state index is 0.160. The molecular formula is C11H19N3O. The van der Waals surface area contributed by atoms with Crippen molar-refractivity contribution in [2.45, 2.75) is 58.1 Å². The van der Waals surface area contributed by atoms with Crippen molar-refractivity contribution in [1.29, 1.82) is 0 Å². The highest BCUT2D eigenvalue weighted by Gasteiger charge is 2.29. The molecule has 1 aliphatic carbocycles. The molecule has 0 bridgehead atoms. The molecule has 1 fully saturated rings. The molecule has 0 saturated heterocycles. The Morgan fingerprint density at radius 3 is 2.67 bits per heavy atom. The van der Waals surface area contributed by atoms with Crippen LogP contribution in [-0.2, 0) is 12.8 Å². The average Bonchev–Trinajstić information content (AvgIpc) is 2.82. The van der Waals surface area contributed by atoms with Gasteiger partial charge in [-0.1, -0.05) is 13.8 Å². The molecule has 2 rings (SSSR count). The van der Waals surface area contributed by atoms with E-state index in [1.165, 1.54) is 0 Å². The van der Waals surface area contributed by atoms with Gasteiger partial charge < -0.3 is 5.11 Å². The molecule has 1 heterocycles. The maximum absolute atomic E-state index is 9.86. The Balaban J connectivity index is 2.29. The van der Waals surface area contributed by atoms with Gasteiger partial charge in [0, 0.05) is 12.8 Å². The van der Waals surface area contributed by atoms with Crippen molar-refractivity contribution in [2.75, 3.05) is 0 Å². The summed E-state index contributed by atoms with van der Waals surface area (Å²) in [6.45, 7) is 4.14. The van der Waals surface area contributed by atoms with Gasteiger partial charge in [-0.25, -0.2) is 9.67 Å². The van der Waals surface area contributed by atoms with Crippen molar-refractivity contribution >= 4 is 0 Å². The summed E-state index contributed by atoms with van der Waals surface area (Å²) in [5.41, 5.74) is 0. The number of aliphatic hydroxyl groups excluding tert-OH is 1. The zero-order valence-electron chi connectivity index (χ0n) is 9.48. The lowest BCUT2D eigenvalue weighted by Crippen LogP contribution is -2.21. The first kappa shape index (κ1) is 10.6. The second-order valence-electron chi connectivity index (χ2n) is 4.16. The molecule has 0 radical (unpaired) electrons. The Hall–Kier alpha value is -0.900. The molecule has 15 heavy (non-hydrogen) atoms. The zero-order valence-corrected chi connectivity index (χ0v) is 9.48. The third kappa shape index (κ3) is 1.91. The van der Waals surface area contributed by atoms with Crippen LogP contribution in [0.4, 0.5) is 0 Å². The summed E-state index contributed by atoms with van der Waals surface area (Å²) < 4.78 is 1.95. The topological polar surface area (TPSA) is 50.9 Å². The average molecular weight is 209 g/mol. The van der Waals surface area contributed by atoms with Gasteiger partial charge >= 0.3 is 0 Å². The van der Waals surface area contributed by atoms with Crippen LogP contribution < -0.4 is 0 Å². The lowest BCUT2D eigenvalue weighted by atomic mass is 10.2. The van der Waals surface area contributed by atoms with E-state index in [0.717, 1.165) is 43.8 Å². The van der Waals surface area contributed by atoms with Crippen LogP contribution in [-0.4, -0.2) is 26.0 Å². The van der Waals surface area contributed by atoms with Gasteiger partial charge in [0.25, 0.3) is 0 Å². The van der Waals surface area contributed by atoms with E-state index in [-0.39, 0.29) is 12.1 Å². The SMILES string of the molecule is CCc1nc(CC)n(C2CCCC2O)n1. The molecule has 1 aromatic rings. The van der Waals surface area contributed by atoms with E-state index in [2.05, 4.69) is 23.9 Å². The van der Waals surface area contributed by atoms with Gasteiger partial charge in [-0.2, -0.15) is 5.10 Å². The van der Waals surface area contributed by atoms with Crippen LogP contribution in [0.25, 0.3) is 0 Å². The fraction of sp³-hybridized carbons (Fsp3) is 0.818. The summed E-state index contributed by atoms with van der Waals surface area (Å²) >= 11 is 0. The van der Waals surface area contributed by atoms with Gasteiger partial charge in [0.15, 0.2) is 5.82 Å². The number of hydrogen-bond donors (Lipinski definition) is 1. The summed E-state index contributed by atoms with van der Waals surface area (Å²) in [4.78, 5) is 4.47. The van der Waals surface area contributed by atoms with Crippen LogP contribution >= 0.6 is 0 Å². The Bertz CT molecular complexity index is 335. The second kappa shape index (κ2) is 4.31. The summed E-state index contributed by atoms with van der Waals surface area (Å²) in [6, 6.07) is 0.160. The van der Waals surface area contributed by atoms with Gasteiger partial charge in [-0.05, 0) is 19.3 Å². The molecule has 4 heteroatoms. The molecule has 4 nitrogen and oxygen atoms in total. The Morgan fingerprint density at radius 2 is 2.13 bits per heavy atom. The lowest BCUT2D eigenvalue weighted by Gasteiger charge is -2.16. The van der Waals surface area contributed by atoms with Crippen molar-refractivity contribution in [1.82, 2.24) is 14.8 Å². The minimum Gasteiger partial charge on any atom is -0.391 e. The normalized spacial score (nSPS) is 26.1. The predicted molar refractivity (Wildman–Crippen MR) is 57.7 cm³/mol. The van der Waals surface area contributed by atoms with Crippen molar-refractivity contribution in [3.8, 4) is 0 Å². The maximum atomic E-state index is 9.86. The molecule has 1 saturated carbocycles. The summed E-state index contributed by atoms with van der Waals surface area (Å²) in [5, 5.41) is 14.3. The van der Waals surface area contributed by atoms with E-state index in [9.17, 15) is 5.11 Å². The standard InChI is InChI=1S/C11H19N3O/c1-3-10-12-11(4-2)14(13-10)8-6-5-7-9(8)15/h8-9,15H,3-7H2,1-2H3. The fourth-order valence-corrected chi connectivity index (χ4v) is 2.27. The third-order valence-electron chi connectivity index (χ3n) is 3.14. The highest BCUT2D eigenvalue weighted by Crippen LogP contribution is 2.30. The summed E-state index contributed by atoms with van der Waals surface area (Å²) in [7, 11) is 0. The molecule has 1 N–H and O–H groups in total. The first-order valence-electron chi connectivity index (χ1n) is 5.88. The quantitative estimate of drug-likeness (QED) is 0.820. The van der Waals surface area contributed by atoms with Gasteiger partial charge in [0.05, 0.1) is 12.1 Å². The van der Waals surface area contributed by atoms with Gasteiger partial charge in [0.1, 0.15) is 5.82 Å². The molecule has 1 aliphatic rings. The molecule has 0 aliphatic heterocycles. The maximum Gasteiger partial charge on any atom is 0.150 e. The molecule has 0 amide bonds. The van der Waals surface area contributed by atoms with E-state index in [1.807, 2.05) is 4.68 Å². The molecule has 0 spiro atoms. The Kier molecular flexibility index (Phi) is 3.05. The zero-order chi connectivity index (χ0) is 10.8. The van der Waals surface area contributed by atoms with Crippen LogP contribution in [0.5, 0.6) is 0 Å². The van der Waals surface area contributed by atoms with E-state index in [4.69, 9.17) is 0 Å². The molecule has 1 aromatic heterocycles. The van der Waals surface area contributed by atoms with Crippen LogP contribution in [0.15, 0.2) is 0 Å². The van der Waals surface area contributed by atoms with Crippen LogP contribution in [0, 0.1) is 0 Å². The van der Waals surface area contributed by atoms with E-state index in [0.29, 0.717) is 0 Å². The lowest BCUT2D eigenvalue weighted by molar-refractivity contribution is 0.128.